The van der Waals surface area contributed by atoms with Crippen LogP contribution < -0.4 is 5.73 Å². The number of aromatic amines is 1. The molecule has 124 valence electrons. The summed E-state index contributed by atoms with van der Waals surface area (Å²) in [5.41, 5.74) is 11.3. The van der Waals surface area contributed by atoms with E-state index >= 15 is 0 Å². The molecular formula is C18H14ClN5O. The molecule has 1 aliphatic rings. The van der Waals surface area contributed by atoms with Crippen molar-refractivity contribution in [1.29, 1.82) is 0 Å². The van der Waals surface area contributed by atoms with Gasteiger partial charge in [0.2, 0.25) is 0 Å². The molecule has 0 fully saturated rings. The minimum absolute atomic E-state index is 0.384. The van der Waals surface area contributed by atoms with Crippen molar-refractivity contribution < 1.29 is 4.79 Å². The molecule has 0 spiro atoms. The Labute approximate surface area is 148 Å². The molecule has 7 heteroatoms. The second-order valence-corrected chi connectivity index (χ2v) is 6.26. The van der Waals surface area contributed by atoms with E-state index in [2.05, 4.69) is 19.9 Å². The number of aryl methyl sites for hydroxylation is 1. The van der Waals surface area contributed by atoms with Gasteiger partial charge in [0.15, 0.2) is 0 Å². The molecule has 3 aromatic rings. The number of nitrogens with zero attached hydrogens (tertiary/aromatic N) is 3. The second kappa shape index (κ2) is 5.82. The number of amides is 1. The molecule has 0 bridgehead atoms. The molecular weight excluding hydrogens is 338 g/mol. The minimum atomic E-state index is -0.522. The lowest BCUT2D eigenvalue weighted by molar-refractivity contribution is 0.100. The molecule has 1 aliphatic heterocycles. The van der Waals surface area contributed by atoms with Crippen LogP contribution in [0.3, 0.4) is 0 Å². The molecule has 3 N–H and O–H groups in total. The van der Waals surface area contributed by atoms with Crippen LogP contribution in [0.5, 0.6) is 0 Å². The van der Waals surface area contributed by atoms with Gasteiger partial charge in [0.05, 0.1) is 22.6 Å². The van der Waals surface area contributed by atoms with Crippen LogP contribution in [-0.2, 0) is 6.42 Å². The summed E-state index contributed by atoms with van der Waals surface area (Å²) in [7, 11) is 0. The van der Waals surface area contributed by atoms with Crippen molar-refractivity contribution in [3.63, 3.8) is 0 Å². The number of aliphatic imine (C=N–C) groups is 1. The maximum atomic E-state index is 12.0. The molecule has 0 unspecified atom stereocenters. The minimum Gasteiger partial charge on any atom is -0.366 e. The third-order valence-corrected chi connectivity index (χ3v) is 4.45. The lowest BCUT2D eigenvalue weighted by atomic mass is 10.0. The molecule has 0 saturated carbocycles. The standard InChI is InChI=1S/C18H14ClN5O/c1-9-2-3-10(19)6-11(9)15-12(18(20)25)7-14(24-15)17-16-13(4-5-21-16)22-8-23-17/h2-3,5-8,24H,4H2,1H3,(H2,20,25). The Bertz CT molecular complexity index is 1040. The summed E-state index contributed by atoms with van der Waals surface area (Å²) in [5.74, 6) is -0.522. The van der Waals surface area contributed by atoms with Gasteiger partial charge in [0.1, 0.15) is 17.7 Å². The van der Waals surface area contributed by atoms with Gasteiger partial charge in [0, 0.05) is 23.2 Å². The van der Waals surface area contributed by atoms with E-state index in [1.54, 1.807) is 18.3 Å². The van der Waals surface area contributed by atoms with Crippen LogP contribution >= 0.6 is 11.6 Å². The number of halogens is 1. The van der Waals surface area contributed by atoms with E-state index in [0.717, 1.165) is 16.8 Å². The van der Waals surface area contributed by atoms with Gasteiger partial charge in [-0.05, 0) is 30.7 Å². The summed E-state index contributed by atoms with van der Waals surface area (Å²) in [5, 5.41) is 0.583. The topological polar surface area (TPSA) is 97.0 Å². The van der Waals surface area contributed by atoms with Crippen LogP contribution in [-0.4, -0.2) is 27.1 Å². The Morgan fingerprint density at radius 3 is 2.92 bits per heavy atom. The summed E-state index contributed by atoms with van der Waals surface area (Å²) in [6.45, 7) is 1.95. The van der Waals surface area contributed by atoms with Gasteiger partial charge >= 0.3 is 0 Å². The Morgan fingerprint density at radius 1 is 1.28 bits per heavy atom. The summed E-state index contributed by atoms with van der Waals surface area (Å²) < 4.78 is 0. The van der Waals surface area contributed by atoms with Crippen LogP contribution in [0.25, 0.3) is 22.6 Å². The summed E-state index contributed by atoms with van der Waals surface area (Å²) in [4.78, 5) is 28.2. The zero-order valence-electron chi connectivity index (χ0n) is 13.4. The van der Waals surface area contributed by atoms with Crippen molar-refractivity contribution in [3.8, 4) is 22.6 Å². The molecule has 0 atom stereocenters. The molecule has 1 amide bonds. The molecule has 0 saturated heterocycles. The molecule has 1 aromatic carbocycles. The Kier molecular flexibility index (Phi) is 3.62. The Morgan fingerprint density at radius 2 is 2.12 bits per heavy atom. The van der Waals surface area contributed by atoms with Gasteiger partial charge in [-0.25, -0.2) is 9.97 Å². The van der Waals surface area contributed by atoms with Crippen molar-refractivity contribution in [2.45, 2.75) is 13.3 Å². The zero-order chi connectivity index (χ0) is 17.6. The van der Waals surface area contributed by atoms with Gasteiger partial charge in [-0.15, -0.1) is 0 Å². The molecule has 3 heterocycles. The van der Waals surface area contributed by atoms with Gasteiger partial charge in [-0.3, -0.25) is 9.79 Å². The molecule has 0 radical (unpaired) electrons. The van der Waals surface area contributed by atoms with Gasteiger partial charge < -0.3 is 10.7 Å². The van der Waals surface area contributed by atoms with Gasteiger partial charge in [0.25, 0.3) is 5.91 Å². The predicted octanol–water partition coefficient (Wildman–Crippen LogP) is 3.46. The fourth-order valence-corrected chi connectivity index (χ4v) is 3.15. The van der Waals surface area contributed by atoms with Crippen LogP contribution in [0.4, 0.5) is 5.69 Å². The van der Waals surface area contributed by atoms with Gasteiger partial charge in [-0.2, -0.15) is 0 Å². The van der Waals surface area contributed by atoms with E-state index < -0.39 is 5.91 Å². The largest absolute Gasteiger partial charge is 0.366 e. The van der Waals surface area contributed by atoms with Crippen LogP contribution in [0, 0.1) is 6.92 Å². The lowest BCUT2D eigenvalue weighted by Crippen LogP contribution is -2.11. The molecule has 4 rings (SSSR count). The number of nitrogens with two attached hydrogens (primary N) is 1. The monoisotopic (exact) mass is 351 g/mol. The first-order valence-corrected chi connectivity index (χ1v) is 8.08. The summed E-state index contributed by atoms with van der Waals surface area (Å²) in [6, 6.07) is 7.21. The van der Waals surface area contributed by atoms with Crippen molar-refractivity contribution >= 4 is 29.4 Å². The van der Waals surface area contributed by atoms with Crippen molar-refractivity contribution in [2.75, 3.05) is 0 Å². The van der Waals surface area contributed by atoms with Gasteiger partial charge in [-0.1, -0.05) is 17.7 Å². The van der Waals surface area contributed by atoms with Crippen LogP contribution in [0.1, 0.15) is 21.6 Å². The normalized spacial score (nSPS) is 12.4. The number of H-pyrrole nitrogens is 1. The van der Waals surface area contributed by atoms with E-state index in [1.165, 1.54) is 6.33 Å². The number of fused-ring (bicyclic) bond motifs is 1. The average Bonchev–Trinajstić information content (AvgIpc) is 3.23. The Balaban J connectivity index is 1.93. The number of hydrogen-bond donors (Lipinski definition) is 2. The third-order valence-electron chi connectivity index (χ3n) is 4.21. The molecule has 6 nitrogen and oxygen atoms in total. The van der Waals surface area contributed by atoms with E-state index in [0.29, 0.717) is 39.8 Å². The maximum Gasteiger partial charge on any atom is 0.250 e. The van der Waals surface area contributed by atoms with E-state index in [-0.39, 0.29) is 0 Å². The first kappa shape index (κ1) is 15.5. The van der Waals surface area contributed by atoms with E-state index in [1.807, 2.05) is 19.1 Å². The number of benzene rings is 1. The fourth-order valence-electron chi connectivity index (χ4n) is 2.97. The van der Waals surface area contributed by atoms with Crippen molar-refractivity contribution in [3.05, 3.63) is 52.4 Å². The lowest BCUT2D eigenvalue weighted by Gasteiger charge is -2.07. The Hall–Kier alpha value is -2.99. The highest BCUT2D eigenvalue weighted by atomic mass is 35.5. The number of primary amides is 1. The summed E-state index contributed by atoms with van der Waals surface area (Å²) in [6.07, 6.45) is 3.97. The first-order chi connectivity index (χ1) is 12.0. The van der Waals surface area contributed by atoms with Crippen molar-refractivity contribution in [1.82, 2.24) is 15.0 Å². The number of nitrogens with one attached hydrogen (secondary N) is 1. The van der Waals surface area contributed by atoms with Crippen LogP contribution in [0.2, 0.25) is 5.02 Å². The fraction of sp³-hybridized carbons (Fsp3) is 0.111. The average molecular weight is 352 g/mol. The maximum absolute atomic E-state index is 12.0. The first-order valence-electron chi connectivity index (χ1n) is 7.70. The van der Waals surface area contributed by atoms with Crippen LogP contribution in [0.15, 0.2) is 35.6 Å². The zero-order valence-corrected chi connectivity index (χ0v) is 14.1. The molecule has 2 aromatic heterocycles. The predicted molar refractivity (Wildman–Crippen MR) is 97.4 cm³/mol. The highest BCUT2D eigenvalue weighted by Crippen LogP contribution is 2.36. The number of hydrogen-bond acceptors (Lipinski definition) is 4. The van der Waals surface area contributed by atoms with E-state index in [4.69, 9.17) is 17.3 Å². The third kappa shape index (κ3) is 2.60. The smallest absolute Gasteiger partial charge is 0.250 e. The number of carbonyl (C=O) groups is 1. The summed E-state index contributed by atoms with van der Waals surface area (Å²) >= 11 is 6.13. The number of aromatic nitrogens is 3. The highest BCUT2D eigenvalue weighted by Gasteiger charge is 2.21. The van der Waals surface area contributed by atoms with E-state index in [9.17, 15) is 4.79 Å². The number of carbonyl (C=O) groups excluding carboxylic acids is 1. The highest BCUT2D eigenvalue weighted by molar-refractivity contribution is 6.31. The SMILES string of the molecule is Cc1ccc(Cl)cc1-c1[nH]c(-c2ncnc3c2N=CC3)cc1C(N)=O. The van der Waals surface area contributed by atoms with Crippen molar-refractivity contribution in [2.24, 2.45) is 10.7 Å². The molecule has 25 heavy (non-hydrogen) atoms. The number of rotatable bonds is 3. The second-order valence-electron chi connectivity index (χ2n) is 5.83. The molecule has 0 aliphatic carbocycles. The quantitative estimate of drug-likeness (QED) is 0.756.